The van der Waals surface area contributed by atoms with Crippen molar-refractivity contribution in [3.8, 4) is 0 Å². The van der Waals surface area contributed by atoms with Gasteiger partial charge in [-0.15, -0.1) is 11.6 Å². The van der Waals surface area contributed by atoms with E-state index in [-0.39, 0.29) is 31.6 Å². The maximum atomic E-state index is 12.3. The maximum Gasteiger partial charge on any atom is 0.208 e. The highest BCUT2D eigenvalue weighted by Crippen LogP contribution is 2.33. The number of alkyl halides is 1. The zero-order chi connectivity index (χ0) is 24.3. The number of carbonyl (C=O) groups is 1. The molecule has 0 atom stereocenters. The van der Waals surface area contributed by atoms with E-state index in [2.05, 4.69) is 0 Å². The molecule has 0 radical (unpaired) electrons. The van der Waals surface area contributed by atoms with Gasteiger partial charge in [-0.05, 0) is 54.1 Å². The van der Waals surface area contributed by atoms with Crippen LogP contribution in [0.2, 0.25) is 0 Å². The summed E-state index contributed by atoms with van der Waals surface area (Å²) in [6.07, 6.45) is 0. The molecule has 0 saturated heterocycles. The molecule has 5 rings (SSSR count). The third kappa shape index (κ3) is 4.42. The van der Waals surface area contributed by atoms with Gasteiger partial charge in [0.05, 0.1) is 19.6 Å². The van der Waals surface area contributed by atoms with Crippen LogP contribution in [0.4, 0.5) is 0 Å². The van der Waals surface area contributed by atoms with E-state index >= 15 is 0 Å². The number of halogens is 1. The van der Waals surface area contributed by atoms with Gasteiger partial charge in [-0.2, -0.15) is 0 Å². The van der Waals surface area contributed by atoms with Crippen molar-refractivity contribution in [1.82, 2.24) is 0 Å². The molecule has 0 N–H and O–H groups in total. The van der Waals surface area contributed by atoms with Crippen LogP contribution in [-0.4, -0.2) is 22.6 Å². The first-order valence-corrected chi connectivity index (χ1v) is 13.7. The summed E-state index contributed by atoms with van der Waals surface area (Å²) in [5, 5.41) is 0. The second kappa shape index (κ2) is 9.54. The lowest BCUT2D eigenvalue weighted by molar-refractivity contribution is 0.103. The molecule has 34 heavy (non-hydrogen) atoms. The summed E-state index contributed by atoms with van der Waals surface area (Å²) in [4.78, 5) is 12.9. The van der Waals surface area contributed by atoms with Gasteiger partial charge in [-0.1, -0.05) is 54.6 Å². The number of carbonyl (C=O) groups excluding carboxylic acids is 1. The third-order valence-corrected chi connectivity index (χ3v) is 9.25. The Kier molecular flexibility index (Phi) is 6.70. The molecule has 5 nitrogen and oxygen atoms in total. The summed E-state index contributed by atoms with van der Waals surface area (Å²) in [5.41, 5.74) is 1.41. The normalized spacial score (nSPS) is 13.7. The SMILES string of the molecule is O=C1c2ccccc2S(=O)(=O)c2ccccc21.O=S(=O)(c1ccccc1)c1ccc(CCl)cc1. The second-order valence-electron chi connectivity index (χ2n) is 7.42. The molecule has 172 valence electrons. The lowest BCUT2D eigenvalue weighted by Gasteiger charge is -2.17. The molecule has 0 aromatic heterocycles. The minimum atomic E-state index is -3.56. The average Bonchev–Trinajstić information content (AvgIpc) is 2.88. The number of benzene rings is 4. The van der Waals surface area contributed by atoms with Crippen LogP contribution in [0, 0.1) is 0 Å². The smallest absolute Gasteiger partial charge is 0.208 e. The van der Waals surface area contributed by atoms with Crippen molar-refractivity contribution >= 4 is 37.1 Å². The summed E-state index contributed by atoms with van der Waals surface area (Å²) in [7, 11) is -6.96. The van der Waals surface area contributed by atoms with Gasteiger partial charge in [-0.3, -0.25) is 4.79 Å². The first-order chi connectivity index (χ1) is 16.3. The van der Waals surface area contributed by atoms with Crippen molar-refractivity contribution < 1.29 is 21.6 Å². The van der Waals surface area contributed by atoms with Crippen molar-refractivity contribution in [3.05, 3.63) is 120 Å². The quantitative estimate of drug-likeness (QED) is 0.306. The Hall–Kier alpha value is -3.26. The van der Waals surface area contributed by atoms with Gasteiger partial charge in [-0.25, -0.2) is 16.8 Å². The summed E-state index contributed by atoms with van der Waals surface area (Å²) in [5.74, 6) is 0.150. The average molecular weight is 511 g/mol. The Labute approximate surface area is 203 Å². The Balaban J connectivity index is 0.000000161. The summed E-state index contributed by atoms with van der Waals surface area (Å²) >= 11 is 5.66. The largest absolute Gasteiger partial charge is 0.289 e. The molecule has 0 saturated carbocycles. The Morgan fingerprint density at radius 2 is 1.06 bits per heavy atom. The van der Waals surface area contributed by atoms with E-state index in [0.29, 0.717) is 10.8 Å². The highest BCUT2D eigenvalue weighted by Gasteiger charge is 2.33. The zero-order valence-corrected chi connectivity index (χ0v) is 20.1. The number of hydrogen-bond donors (Lipinski definition) is 0. The van der Waals surface area contributed by atoms with Gasteiger partial charge in [0.2, 0.25) is 19.7 Å². The van der Waals surface area contributed by atoms with Crippen LogP contribution in [0.25, 0.3) is 0 Å². The van der Waals surface area contributed by atoms with Crippen molar-refractivity contribution in [2.45, 2.75) is 25.5 Å². The van der Waals surface area contributed by atoms with Crippen LogP contribution < -0.4 is 0 Å². The van der Waals surface area contributed by atoms with Crippen molar-refractivity contribution in [2.75, 3.05) is 0 Å². The molecule has 1 aliphatic heterocycles. The van der Waals surface area contributed by atoms with Crippen LogP contribution in [0.1, 0.15) is 21.5 Å². The van der Waals surface area contributed by atoms with Crippen LogP contribution in [0.5, 0.6) is 0 Å². The molecular formula is C26H19ClO5S2. The standard InChI is InChI=1S/C13H11ClO2S.C13H8O3S/c14-10-11-6-8-13(9-7-11)17(15,16)12-4-2-1-3-5-12;14-13-9-5-1-3-7-11(9)17(15,16)12-8-4-2-6-10(12)13/h1-9H,10H2;1-8H. The third-order valence-electron chi connectivity index (χ3n) is 5.28. The van der Waals surface area contributed by atoms with Gasteiger partial charge in [0.1, 0.15) is 0 Å². The Bertz CT molecular complexity index is 1510. The highest BCUT2D eigenvalue weighted by molar-refractivity contribution is 7.92. The highest BCUT2D eigenvalue weighted by atomic mass is 35.5. The fourth-order valence-corrected chi connectivity index (χ4v) is 6.65. The minimum Gasteiger partial charge on any atom is -0.289 e. The van der Waals surface area contributed by atoms with E-state index in [9.17, 15) is 21.6 Å². The zero-order valence-electron chi connectivity index (χ0n) is 17.8. The molecule has 0 bridgehead atoms. The summed E-state index contributed by atoms with van der Waals surface area (Å²) in [6.45, 7) is 0. The number of hydrogen-bond acceptors (Lipinski definition) is 5. The van der Waals surface area contributed by atoms with E-state index in [0.717, 1.165) is 5.56 Å². The number of fused-ring (bicyclic) bond motifs is 2. The molecule has 4 aromatic rings. The molecule has 4 aromatic carbocycles. The van der Waals surface area contributed by atoms with Crippen molar-refractivity contribution in [2.24, 2.45) is 0 Å². The molecule has 0 spiro atoms. The molecule has 0 aliphatic carbocycles. The Morgan fingerprint density at radius 1 is 0.618 bits per heavy atom. The van der Waals surface area contributed by atoms with Crippen molar-refractivity contribution in [3.63, 3.8) is 0 Å². The topological polar surface area (TPSA) is 85.3 Å². The minimum absolute atomic E-state index is 0.101. The maximum absolute atomic E-state index is 12.3. The van der Waals surface area contributed by atoms with Crippen LogP contribution in [0.15, 0.2) is 123 Å². The first kappa shape index (κ1) is 23.9. The van der Waals surface area contributed by atoms with E-state index in [1.807, 2.05) is 0 Å². The fourth-order valence-electron chi connectivity index (χ4n) is 3.53. The van der Waals surface area contributed by atoms with Crippen LogP contribution in [-0.2, 0) is 25.6 Å². The fraction of sp³-hybridized carbons (Fsp3) is 0.0385. The van der Waals surface area contributed by atoms with Gasteiger partial charge in [0.25, 0.3) is 0 Å². The summed E-state index contributed by atoms with van der Waals surface area (Å²) in [6, 6.07) is 27.6. The number of ketones is 1. The van der Waals surface area contributed by atoms with E-state index in [1.54, 1.807) is 91.0 Å². The summed E-state index contributed by atoms with van der Waals surface area (Å²) < 4.78 is 49.0. The number of sulfone groups is 2. The van der Waals surface area contributed by atoms with Crippen LogP contribution in [0.3, 0.4) is 0 Å². The molecule has 0 unspecified atom stereocenters. The molecule has 1 aliphatic rings. The number of rotatable bonds is 3. The molecule has 0 amide bonds. The second-order valence-corrected chi connectivity index (χ2v) is 11.5. The monoisotopic (exact) mass is 510 g/mol. The Morgan fingerprint density at radius 3 is 1.56 bits per heavy atom. The van der Waals surface area contributed by atoms with Crippen LogP contribution >= 0.6 is 11.6 Å². The molecule has 1 heterocycles. The predicted molar refractivity (Wildman–Crippen MR) is 130 cm³/mol. The first-order valence-electron chi connectivity index (χ1n) is 10.2. The lowest BCUT2D eigenvalue weighted by Crippen LogP contribution is -2.19. The van der Waals surface area contributed by atoms with Gasteiger partial charge in [0, 0.05) is 17.0 Å². The molecular weight excluding hydrogens is 492 g/mol. The molecule has 8 heteroatoms. The van der Waals surface area contributed by atoms with E-state index < -0.39 is 19.7 Å². The molecule has 0 fully saturated rings. The van der Waals surface area contributed by atoms with E-state index in [1.165, 1.54) is 12.1 Å². The van der Waals surface area contributed by atoms with E-state index in [4.69, 9.17) is 11.6 Å². The van der Waals surface area contributed by atoms with Gasteiger partial charge >= 0.3 is 0 Å². The van der Waals surface area contributed by atoms with Gasteiger partial charge < -0.3 is 0 Å². The van der Waals surface area contributed by atoms with Gasteiger partial charge in [0.15, 0.2) is 5.78 Å². The lowest BCUT2D eigenvalue weighted by atomic mass is 10.0. The van der Waals surface area contributed by atoms with Crippen molar-refractivity contribution in [1.29, 1.82) is 0 Å². The predicted octanol–water partition coefficient (Wildman–Crippen LogP) is 5.32.